The second-order valence-corrected chi connectivity index (χ2v) is 4.50. The van der Waals surface area contributed by atoms with Crippen LogP contribution in [0.4, 0.5) is 0 Å². The van der Waals surface area contributed by atoms with Crippen LogP contribution in [-0.4, -0.2) is 22.1 Å². The highest BCUT2D eigenvalue weighted by Crippen LogP contribution is 2.18. The molecule has 2 nitrogen and oxygen atoms in total. The summed E-state index contributed by atoms with van der Waals surface area (Å²) in [6, 6.07) is 0. The fraction of sp³-hybridized carbons (Fsp3) is 0.900. The van der Waals surface area contributed by atoms with E-state index < -0.39 is 5.97 Å². The number of hydrogen-bond donors (Lipinski definition) is 1. The maximum Gasteiger partial charge on any atom is 0.316 e. The second kappa shape index (κ2) is 8.42. The Labute approximate surface area is 85.1 Å². The lowest BCUT2D eigenvalue weighted by Gasteiger charge is -2.10. The van der Waals surface area contributed by atoms with Crippen LogP contribution < -0.4 is 0 Å². The topological polar surface area (TPSA) is 37.3 Å². The summed E-state index contributed by atoms with van der Waals surface area (Å²) < 4.78 is 0. The molecular formula is C10H20O2S. The molecule has 0 aliphatic rings. The van der Waals surface area contributed by atoms with Gasteiger partial charge in [-0.25, -0.2) is 0 Å². The summed E-state index contributed by atoms with van der Waals surface area (Å²) >= 11 is 1.58. The predicted octanol–water partition coefficient (Wildman–Crippen LogP) is 3.16. The van der Waals surface area contributed by atoms with Gasteiger partial charge in [-0.15, -0.1) is 11.8 Å². The van der Waals surface area contributed by atoms with Gasteiger partial charge in [0.2, 0.25) is 0 Å². The lowest BCUT2D eigenvalue weighted by Crippen LogP contribution is -2.16. The lowest BCUT2D eigenvalue weighted by atomic mass is 10.1. The van der Waals surface area contributed by atoms with Gasteiger partial charge in [0, 0.05) is 0 Å². The Morgan fingerprint density at radius 2 is 2.00 bits per heavy atom. The Kier molecular flexibility index (Phi) is 8.30. The monoisotopic (exact) mass is 204 g/mol. The molecule has 0 spiro atoms. The molecule has 0 saturated heterocycles. The van der Waals surface area contributed by atoms with E-state index in [1.807, 2.05) is 0 Å². The smallest absolute Gasteiger partial charge is 0.316 e. The minimum atomic E-state index is -0.644. The molecule has 0 rings (SSSR count). The van der Waals surface area contributed by atoms with Crippen molar-refractivity contribution < 1.29 is 9.90 Å². The van der Waals surface area contributed by atoms with Gasteiger partial charge in [-0.3, -0.25) is 4.79 Å². The number of rotatable bonds is 8. The van der Waals surface area contributed by atoms with E-state index in [-0.39, 0.29) is 5.25 Å². The second-order valence-electron chi connectivity index (χ2n) is 3.19. The Morgan fingerprint density at radius 3 is 2.46 bits per heavy atom. The van der Waals surface area contributed by atoms with Crippen LogP contribution >= 0.6 is 11.8 Å². The van der Waals surface area contributed by atoms with E-state index in [1.54, 1.807) is 11.8 Å². The number of carboxylic acids is 1. The third-order valence-electron chi connectivity index (χ3n) is 1.87. The van der Waals surface area contributed by atoms with Crippen molar-refractivity contribution in [1.82, 2.24) is 0 Å². The summed E-state index contributed by atoms with van der Waals surface area (Å²) in [6.07, 6.45) is 5.24. The molecule has 1 N–H and O–H groups in total. The summed E-state index contributed by atoms with van der Waals surface area (Å²) in [7, 11) is 0. The Balaban J connectivity index is 3.61. The molecule has 1 atom stereocenters. The third-order valence-corrected chi connectivity index (χ3v) is 3.35. The largest absolute Gasteiger partial charge is 0.480 e. The van der Waals surface area contributed by atoms with E-state index >= 15 is 0 Å². The maximum atomic E-state index is 10.8. The van der Waals surface area contributed by atoms with Gasteiger partial charge in [0.25, 0.3) is 0 Å². The van der Waals surface area contributed by atoms with E-state index in [9.17, 15) is 4.79 Å². The molecule has 78 valence electrons. The van der Waals surface area contributed by atoms with Crippen molar-refractivity contribution in [2.45, 2.75) is 51.2 Å². The third kappa shape index (κ3) is 6.94. The molecule has 0 aromatic carbocycles. The summed E-state index contributed by atoms with van der Waals surface area (Å²) in [5.41, 5.74) is 0. The quantitative estimate of drug-likeness (QED) is 0.617. The fourth-order valence-corrected chi connectivity index (χ4v) is 2.11. The molecule has 0 aromatic heterocycles. The molecule has 0 aromatic rings. The molecule has 0 radical (unpaired) electrons. The average Bonchev–Trinajstić information content (AvgIpc) is 2.10. The van der Waals surface area contributed by atoms with Gasteiger partial charge in [-0.2, -0.15) is 0 Å². The number of carboxylic acid groups (broad SMARTS) is 1. The summed E-state index contributed by atoms with van der Waals surface area (Å²) in [5.74, 6) is 0.317. The zero-order valence-corrected chi connectivity index (χ0v) is 9.40. The maximum absolute atomic E-state index is 10.8. The number of unbranched alkanes of at least 4 members (excludes halogenated alkanes) is 2. The standard InChI is InChI=1S/C10H20O2S/c1-3-5-6-7-9(10(11)12)13-8-4-2/h9H,3-8H2,1-2H3,(H,11,12). The summed E-state index contributed by atoms with van der Waals surface area (Å²) in [5, 5.41) is 8.70. The fourth-order valence-electron chi connectivity index (χ4n) is 1.12. The molecule has 0 fully saturated rings. The van der Waals surface area contributed by atoms with Gasteiger partial charge in [0.1, 0.15) is 5.25 Å². The normalized spacial score (nSPS) is 12.8. The first-order valence-corrected chi connectivity index (χ1v) is 6.11. The lowest BCUT2D eigenvalue weighted by molar-refractivity contribution is -0.136. The van der Waals surface area contributed by atoms with Crippen molar-refractivity contribution in [3.05, 3.63) is 0 Å². The first-order valence-electron chi connectivity index (χ1n) is 5.06. The van der Waals surface area contributed by atoms with Crippen LogP contribution in [0.1, 0.15) is 46.0 Å². The van der Waals surface area contributed by atoms with Crippen LogP contribution in [0, 0.1) is 0 Å². The summed E-state index contributed by atoms with van der Waals surface area (Å²) in [4.78, 5) is 10.8. The van der Waals surface area contributed by atoms with Crippen LogP contribution in [0.2, 0.25) is 0 Å². The molecule has 13 heavy (non-hydrogen) atoms. The van der Waals surface area contributed by atoms with Crippen LogP contribution in [0.5, 0.6) is 0 Å². The van der Waals surface area contributed by atoms with Crippen LogP contribution in [-0.2, 0) is 4.79 Å². The van der Waals surface area contributed by atoms with E-state index in [1.165, 1.54) is 0 Å². The van der Waals surface area contributed by atoms with E-state index in [0.717, 1.165) is 37.9 Å². The van der Waals surface area contributed by atoms with Gasteiger partial charge in [-0.05, 0) is 18.6 Å². The highest BCUT2D eigenvalue weighted by atomic mass is 32.2. The Bertz CT molecular complexity index is 137. The van der Waals surface area contributed by atoms with Gasteiger partial charge in [-0.1, -0.05) is 33.1 Å². The van der Waals surface area contributed by atoms with Crippen molar-refractivity contribution in [2.75, 3.05) is 5.75 Å². The van der Waals surface area contributed by atoms with Gasteiger partial charge >= 0.3 is 5.97 Å². The Hall–Kier alpha value is -0.180. The van der Waals surface area contributed by atoms with Crippen molar-refractivity contribution in [3.63, 3.8) is 0 Å². The first-order chi connectivity index (χ1) is 6.22. The minimum Gasteiger partial charge on any atom is -0.480 e. The Morgan fingerprint density at radius 1 is 1.31 bits per heavy atom. The zero-order valence-electron chi connectivity index (χ0n) is 8.58. The first kappa shape index (κ1) is 12.8. The van der Waals surface area contributed by atoms with Crippen LogP contribution in [0.25, 0.3) is 0 Å². The number of carbonyl (C=O) groups is 1. The molecule has 0 aliphatic heterocycles. The number of thioether (sulfide) groups is 1. The van der Waals surface area contributed by atoms with Crippen molar-refractivity contribution in [3.8, 4) is 0 Å². The van der Waals surface area contributed by atoms with Crippen LogP contribution in [0.15, 0.2) is 0 Å². The molecule has 0 heterocycles. The highest BCUT2D eigenvalue weighted by Gasteiger charge is 2.16. The van der Waals surface area contributed by atoms with Crippen molar-refractivity contribution >= 4 is 17.7 Å². The van der Waals surface area contributed by atoms with Crippen molar-refractivity contribution in [2.24, 2.45) is 0 Å². The molecule has 1 unspecified atom stereocenters. The van der Waals surface area contributed by atoms with Gasteiger partial charge in [0.15, 0.2) is 0 Å². The average molecular weight is 204 g/mol. The summed E-state index contributed by atoms with van der Waals surface area (Å²) in [6.45, 7) is 4.22. The molecular weight excluding hydrogens is 184 g/mol. The SMILES string of the molecule is CCCCCC(SCCC)C(=O)O. The zero-order chi connectivity index (χ0) is 10.1. The van der Waals surface area contributed by atoms with Gasteiger partial charge in [0.05, 0.1) is 0 Å². The predicted molar refractivity (Wildman–Crippen MR) is 58.3 cm³/mol. The molecule has 0 amide bonds. The minimum absolute atomic E-state index is 0.175. The van der Waals surface area contributed by atoms with E-state index in [4.69, 9.17) is 5.11 Å². The number of aliphatic carboxylic acids is 1. The molecule has 0 aliphatic carbocycles. The number of hydrogen-bond acceptors (Lipinski definition) is 2. The van der Waals surface area contributed by atoms with Crippen molar-refractivity contribution in [1.29, 1.82) is 0 Å². The van der Waals surface area contributed by atoms with E-state index in [0.29, 0.717) is 0 Å². The molecule has 0 saturated carbocycles. The highest BCUT2D eigenvalue weighted by molar-refractivity contribution is 8.00. The van der Waals surface area contributed by atoms with E-state index in [2.05, 4.69) is 13.8 Å². The van der Waals surface area contributed by atoms with Gasteiger partial charge < -0.3 is 5.11 Å². The van der Waals surface area contributed by atoms with Crippen LogP contribution in [0.3, 0.4) is 0 Å². The molecule has 3 heteroatoms. The molecule has 0 bridgehead atoms.